The molecule has 0 spiro atoms. The molecule has 0 aliphatic rings. The van der Waals surface area contributed by atoms with Crippen molar-refractivity contribution in [3.05, 3.63) is 34.6 Å². The Kier molecular flexibility index (Phi) is 5.58. The predicted octanol–water partition coefficient (Wildman–Crippen LogP) is 1.70. The maximum Gasteiger partial charge on any atom is 0.307 e. The Morgan fingerprint density at radius 3 is 2.78 bits per heavy atom. The summed E-state index contributed by atoms with van der Waals surface area (Å²) in [5.74, 6) is -1.29. The minimum absolute atomic E-state index is 0.0886. The third kappa shape index (κ3) is 4.71. The van der Waals surface area contributed by atoms with E-state index >= 15 is 0 Å². The molecule has 0 atom stereocenters. The number of hydrogen-bond acceptors (Lipinski definition) is 3. The Morgan fingerprint density at radius 1 is 1.44 bits per heavy atom. The summed E-state index contributed by atoms with van der Waals surface area (Å²) in [6.07, 6.45) is -0.00445. The van der Waals surface area contributed by atoms with Gasteiger partial charge in [0.15, 0.2) is 0 Å². The predicted molar refractivity (Wildman–Crippen MR) is 64.8 cm³/mol. The molecule has 0 unspecified atom stereocenters. The minimum atomic E-state index is -0.523. The maximum atomic E-state index is 13.4. The molecule has 6 heteroatoms. The van der Waals surface area contributed by atoms with E-state index in [1.807, 2.05) is 0 Å². The van der Waals surface area contributed by atoms with Gasteiger partial charge in [-0.15, -0.1) is 0 Å². The van der Waals surface area contributed by atoms with E-state index in [0.717, 1.165) is 6.07 Å². The summed E-state index contributed by atoms with van der Waals surface area (Å²) in [4.78, 5) is 22.3. The number of methoxy groups -OCH3 is 1. The van der Waals surface area contributed by atoms with Gasteiger partial charge in [-0.2, -0.15) is 0 Å². The van der Waals surface area contributed by atoms with Crippen LogP contribution in [-0.2, 0) is 20.7 Å². The number of ether oxygens (including phenoxy) is 1. The van der Waals surface area contributed by atoms with E-state index in [-0.39, 0.29) is 35.9 Å². The Balaban J connectivity index is 2.42. The molecule has 0 bridgehead atoms. The van der Waals surface area contributed by atoms with Crippen LogP contribution >= 0.6 is 11.6 Å². The highest BCUT2D eigenvalue weighted by Crippen LogP contribution is 2.14. The van der Waals surface area contributed by atoms with Crippen LogP contribution in [0.1, 0.15) is 12.0 Å². The third-order valence-electron chi connectivity index (χ3n) is 2.25. The van der Waals surface area contributed by atoms with E-state index in [9.17, 15) is 14.0 Å². The van der Waals surface area contributed by atoms with Crippen LogP contribution in [0, 0.1) is 5.82 Å². The first-order valence-electron chi connectivity index (χ1n) is 5.30. The van der Waals surface area contributed by atoms with Crippen molar-refractivity contribution in [2.45, 2.75) is 12.8 Å². The minimum Gasteiger partial charge on any atom is -0.469 e. The second kappa shape index (κ2) is 6.96. The van der Waals surface area contributed by atoms with Gasteiger partial charge in [-0.05, 0) is 17.7 Å². The van der Waals surface area contributed by atoms with Crippen LogP contribution in [0.15, 0.2) is 18.2 Å². The topological polar surface area (TPSA) is 55.4 Å². The van der Waals surface area contributed by atoms with Crippen LogP contribution in [-0.4, -0.2) is 25.5 Å². The lowest BCUT2D eigenvalue weighted by Gasteiger charge is -2.05. The molecule has 1 amide bonds. The molecule has 1 aromatic rings. The number of rotatable bonds is 5. The number of carbonyl (C=O) groups is 2. The normalized spacial score (nSPS) is 9.94. The molecule has 0 saturated carbocycles. The number of hydrogen-bond donors (Lipinski definition) is 1. The fourth-order valence-corrected chi connectivity index (χ4v) is 1.47. The Hall–Kier alpha value is -1.62. The monoisotopic (exact) mass is 273 g/mol. The standard InChI is InChI=1S/C12H13ClFNO3/c1-18-12(17)4-5-15-11(16)6-8-2-3-9(13)7-10(8)14/h2-3,7H,4-6H2,1H3,(H,15,16). The van der Waals surface area contributed by atoms with E-state index in [2.05, 4.69) is 10.1 Å². The van der Waals surface area contributed by atoms with Gasteiger partial charge in [0.25, 0.3) is 0 Å². The highest BCUT2D eigenvalue weighted by molar-refractivity contribution is 6.30. The van der Waals surface area contributed by atoms with Crippen molar-refractivity contribution in [1.82, 2.24) is 5.32 Å². The zero-order valence-corrected chi connectivity index (χ0v) is 10.6. The molecule has 0 heterocycles. The third-order valence-corrected chi connectivity index (χ3v) is 2.48. The molecular weight excluding hydrogens is 261 g/mol. The van der Waals surface area contributed by atoms with Crippen LogP contribution < -0.4 is 5.32 Å². The number of amides is 1. The molecule has 1 rings (SSSR count). The molecule has 0 aromatic heterocycles. The first-order valence-corrected chi connectivity index (χ1v) is 5.68. The molecule has 0 radical (unpaired) electrons. The Bertz CT molecular complexity index is 451. The molecule has 98 valence electrons. The van der Waals surface area contributed by atoms with E-state index in [0.29, 0.717) is 0 Å². The number of carbonyl (C=O) groups excluding carboxylic acids is 2. The highest BCUT2D eigenvalue weighted by atomic mass is 35.5. The summed E-state index contributed by atoms with van der Waals surface area (Å²) >= 11 is 5.60. The lowest BCUT2D eigenvalue weighted by molar-refractivity contribution is -0.140. The van der Waals surface area contributed by atoms with Crippen molar-refractivity contribution in [3.63, 3.8) is 0 Å². The fourth-order valence-electron chi connectivity index (χ4n) is 1.31. The van der Waals surface area contributed by atoms with E-state index in [1.54, 1.807) is 0 Å². The van der Waals surface area contributed by atoms with Gasteiger partial charge in [-0.25, -0.2) is 4.39 Å². The molecule has 0 aliphatic heterocycles. The highest BCUT2D eigenvalue weighted by Gasteiger charge is 2.09. The van der Waals surface area contributed by atoms with E-state index in [4.69, 9.17) is 11.6 Å². The van der Waals surface area contributed by atoms with Gasteiger partial charge in [0.05, 0.1) is 20.0 Å². The number of benzene rings is 1. The van der Waals surface area contributed by atoms with Gasteiger partial charge >= 0.3 is 5.97 Å². The largest absolute Gasteiger partial charge is 0.469 e. The lowest BCUT2D eigenvalue weighted by Crippen LogP contribution is -2.28. The fraction of sp³-hybridized carbons (Fsp3) is 0.333. The second-order valence-corrected chi connectivity index (χ2v) is 4.03. The van der Waals surface area contributed by atoms with Gasteiger partial charge in [-0.3, -0.25) is 9.59 Å². The van der Waals surface area contributed by atoms with E-state index in [1.165, 1.54) is 19.2 Å². The summed E-state index contributed by atoms with van der Waals surface area (Å²) in [6, 6.07) is 4.12. The van der Waals surface area contributed by atoms with Crippen LogP contribution in [0.3, 0.4) is 0 Å². The number of halogens is 2. The van der Waals surface area contributed by atoms with Crippen molar-refractivity contribution in [2.75, 3.05) is 13.7 Å². The van der Waals surface area contributed by atoms with E-state index < -0.39 is 11.8 Å². The number of nitrogens with one attached hydrogen (secondary N) is 1. The molecule has 1 N–H and O–H groups in total. The Morgan fingerprint density at radius 2 is 2.17 bits per heavy atom. The smallest absolute Gasteiger partial charge is 0.307 e. The zero-order chi connectivity index (χ0) is 13.5. The molecule has 4 nitrogen and oxygen atoms in total. The molecule has 0 fully saturated rings. The molecule has 1 aromatic carbocycles. The van der Waals surface area contributed by atoms with Gasteiger partial charge in [0.2, 0.25) is 5.91 Å². The number of esters is 1. The summed E-state index contributed by atoms with van der Waals surface area (Å²) in [7, 11) is 1.27. The summed E-state index contributed by atoms with van der Waals surface area (Å²) in [5.41, 5.74) is 0.259. The lowest BCUT2D eigenvalue weighted by atomic mass is 10.1. The molecule has 0 saturated heterocycles. The van der Waals surface area contributed by atoms with Gasteiger partial charge in [0.1, 0.15) is 5.82 Å². The summed E-state index contributed by atoms with van der Waals surface area (Å²) in [5, 5.41) is 2.78. The van der Waals surface area contributed by atoms with Crippen LogP contribution in [0.2, 0.25) is 5.02 Å². The summed E-state index contributed by atoms with van der Waals surface area (Å²) < 4.78 is 17.8. The maximum absolute atomic E-state index is 13.4. The van der Waals surface area contributed by atoms with Crippen molar-refractivity contribution in [3.8, 4) is 0 Å². The van der Waals surface area contributed by atoms with Gasteiger partial charge < -0.3 is 10.1 Å². The van der Waals surface area contributed by atoms with Gasteiger partial charge in [0, 0.05) is 11.6 Å². The van der Waals surface area contributed by atoms with Crippen LogP contribution in [0.5, 0.6) is 0 Å². The first kappa shape index (κ1) is 14.4. The molecule has 18 heavy (non-hydrogen) atoms. The molecule has 0 aliphatic carbocycles. The quantitative estimate of drug-likeness (QED) is 0.831. The SMILES string of the molecule is COC(=O)CCNC(=O)Cc1ccc(Cl)cc1F. The first-order chi connectivity index (χ1) is 8.52. The average molecular weight is 274 g/mol. The van der Waals surface area contributed by atoms with Crippen molar-refractivity contribution in [1.29, 1.82) is 0 Å². The van der Waals surface area contributed by atoms with Crippen LogP contribution in [0.4, 0.5) is 4.39 Å². The second-order valence-electron chi connectivity index (χ2n) is 3.59. The van der Waals surface area contributed by atoms with Crippen molar-refractivity contribution < 1.29 is 18.7 Å². The zero-order valence-electron chi connectivity index (χ0n) is 9.83. The summed E-state index contributed by atoms with van der Waals surface area (Å²) in [6.45, 7) is 0.167. The van der Waals surface area contributed by atoms with Crippen molar-refractivity contribution >= 4 is 23.5 Å². The van der Waals surface area contributed by atoms with Gasteiger partial charge in [-0.1, -0.05) is 17.7 Å². The molecular formula is C12H13ClFNO3. The average Bonchev–Trinajstić information content (AvgIpc) is 2.32. The van der Waals surface area contributed by atoms with Crippen molar-refractivity contribution in [2.24, 2.45) is 0 Å². The van der Waals surface area contributed by atoms with Crippen LogP contribution in [0.25, 0.3) is 0 Å². The Labute approximate surface area is 109 Å².